The molecule has 0 unspecified atom stereocenters. The summed E-state index contributed by atoms with van der Waals surface area (Å²) in [5.41, 5.74) is 4.50. The van der Waals surface area contributed by atoms with E-state index >= 15 is 0 Å². The quantitative estimate of drug-likeness (QED) is 0.382. The zero-order valence-electron chi connectivity index (χ0n) is 19.5. The number of amides is 1. The monoisotopic (exact) mass is 485 g/mol. The summed E-state index contributed by atoms with van der Waals surface area (Å²) < 4.78 is 6.86. The third-order valence-electron chi connectivity index (χ3n) is 5.85. The van der Waals surface area contributed by atoms with Crippen LogP contribution >= 0.6 is 11.3 Å². The highest BCUT2D eigenvalue weighted by molar-refractivity contribution is 7.22. The number of carbonyl (C=O) groups excluding carboxylic acids is 1. The summed E-state index contributed by atoms with van der Waals surface area (Å²) in [6.07, 6.45) is 1.41. The van der Waals surface area contributed by atoms with Crippen molar-refractivity contribution in [3.8, 4) is 22.2 Å². The summed E-state index contributed by atoms with van der Waals surface area (Å²) in [7, 11) is 0. The fourth-order valence-electron chi connectivity index (χ4n) is 3.84. The van der Waals surface area contributed by atoms with E-state index in [0.717, 1.165) is 22.3 Å². The number of aryl methyl sites for hydroxylation is 3. The molecule has 8 nitrogen and oxygen atoms in total. The van der Waals surface area contributed by atoms with Crippen LogP contribution in [0.25, 0.3) is 32.4 Å². The largest absolute Gasteiger partial charge is 0.350 e. The Morgan fingerprint density at radius 3 is 2.63 bits per heavy atom. The molecule has 0 saturated heterocycles. The van der Waals surface area contributed by atoms with Crippen LogP contribution in [0.3, 0.4) is 0 Å². The van der Waals surface area contributed by atoms with E-state index in [-0.39, 0.29) is 18.0 Å². The van der Waals surface area contributed by atoms with Crippen molar-refractivity contribution in [3.63, 3.8) is 0 Å². The molecule has 0 aliphatic carbocycles. The molecular weight excluding hydrogens is 462 g/mol. The number of fused-ring (bicyclic) bond motifs is 1. The fraction of sp³-hybridized carbons (Fsp3) is 0.192. The van der Waals surface area contributed by atoms with E-state index in [1.807, 2.05) is 69.3 Å². The third kappa shape index (κ3) is 4.50. The summed E-state index contributed by atoms with van der Waals surface area (Å²) in [4.78, 5) is 35.9. The summed E-state index contributed by atoms with van der Waals surface area (Å²) in [6, 6.07) is 15.7. The van der Waals surface area contributed by atoms with Crippen LogP contribution in [-0.2, 0) is 17.9 Å². The Bertz CT molecular complexity index is 1600. The Balaban J connectivity index is 1.39. The standard InChI is InChI=1S/C26H23N5O3S/c1-15-8-10-18(11-9-15)12-27-20(32)13-31-14-28-25-21(26(31)33)17(3)22(35-25)24-29-23(30-34-24)19-7-5-4-6-16(19)2/h4-11,14H,12-13H2,1-3H3,(H,27,32). The topological polar surface area (TPSA) is 103 Å². The molecule has 0 spiro atoms. The maximum Gasteiger partial charge on any atom is 0.268 e. The minimum Gasteiger partial charge on any atom is -0.350 e. The van der Waals surface area contributed by atoms with Crippen LogP contribution in [-0.4, -0.2) is 25.6 Å². The molecule has 1 N–H and O–H groups in total. The van der Waals surface area contributed by atoms with Gasteiger partial charge < -0.3 is 9.84 Å². The maximum absolute atomic E-state index is 13.2. The van der Waals surface area contributed by atoms with E-state index in [4.69, 9.17) is 4.52 Å². The van der Waals surface area contributed by atoms with Gasteiger partial charge in [-0.05, 0) is 37.5 Å². The van der Waals surface area contributed by atoms with Gasteiger partial charge in [0, 0.05) is 12.1 Å². The van der Waals surface area contributed by atoms with Crippen LogP contribution in [0.4, 0.5) is 0 Å². The molecule has 2 aromatic carbocycles. The number of thiophene rings is 1. The van der Waals surface area contributed by atoms with Crippen LogP contribution in [0.1, 0.15) is 22.3 Å². The lowest BCUT2D eigenvalue weighted by Gasteiger charge is -2.08. The van der Waals surface area contributed by atoms with Gasteiger partial charge in [0.05, 0.1) is 16.6 Å². The van der Waals surface area contributed by atoms with Crippen molar-refractivity contribution in [1.29, 1.82) is 0 Å². The van der Waals surface area contributed by atoms with Crippen LogP contribution in [0.2, 0.25) is 0 Å². The minimum absolute atomic E-state index is 0.115. The lowest BCUT2D eigenvalue weighted by molar-refractivity contribution is -0.121. The van der Waals surface area contributed by atoms with Gasteiger partial charge in [0.15, 0.2) is 0 Å². The highest BCUT2D eigenvalue weighted by atomic mass is 32.1. The number of nitrogens with zero attached hydrogens (tertiary/aromatic N) is 4. The summed E-state index contributed by atoms with van der Waals surface area (Å²) in [5, 5.41) is 7.44. The second-order valence-electron chi connectivity index (χ2n) is 8.41. The zero-order chi connectivity index (χ0) is 24.5. The molecule has 9 heteroatoms. The van der Waals surface area contributed by atoms with E-state index in [1.165, 1.54) is 22.2 Å². The van der Waals surface area contributed by atoms with E-state index in [9.17, 15) is 9.59 Å². The number of rotatable bonds is 6. The van der Waals surface area contributed by atoms with Crippen LogP contribution in [0, 0.1) is 20.8 Å². The minimum atomic E-state index is -0.279. The average molecular weight is 486 g/mol. The van der Waals surface area contributed by atoms with Crippen molar-refractivity contribution in [2.45, 2.75) is 33.9 Å². The molecule has 0 fully saturated rings. The van der Waals surface area contributed by atoms with E-state index in [2.05, 4.69) is 20.4 Å². The van der Waals surface area contributed by atoms with Crippen molar-refractivity contribution in [1.82, 2.24) is 25.0 Å². The molecule has 3 heterocycles. The summed E-state index contributed by atoms with van der Waals surface area (Å²) in [6.45, 7) is 6.11. The van der Waals surface area contributed by atoms with Crippen molar-refractivity contribution < 1.29 is 9.32 Å². The predicted molar refractivity (Wildman–Crippen MR) is 135 cm³/mol. The van der Waals surface area contributed by atoms with Gasteiger partial charge in [-0.25, -0.2) is 4.98 Å². The summed E-state index contributed by atoms with van der Waals surface area (Å²) >= 11 is 1.32. The van der Waals surface area contributed by atoms with Gasteiger partial charge >= 0.3 is 0 Å². The normalized spacial score (nSPS) is 11.2. The maximum atomic E-state index is 13.2. The van der Waals surface area contributed by atoms with Crippen LogP contribution in [0.15, 0.2) is 64.2 Å². The highest BCUT2D eigenvalue weighted by Gasteiger charge is 2.21. The van der Waals surface area contributed by atoms with Gasteiger partial charge in [-0.1, -0.05) is 59.3 Å². The first-order valence-corrected chi connectivity index (χ1v) is 11.9. The zero-order valence-corrected chi connectivity index (χ0v) is 20.3. The van der Waals surface area contributed by atoms with Crippen molar-refractivity contribution in [2.75, 3.05) is 0 Å². The molecule has 35 heavy (non-hydrogen) atoms. The number of hydrogen-bond donors (Lipinski definition) is 1. The number of nitrogens with one attached hydrogen (secondary N) is 1. The Kier molecular flexibility index (Phi) is 6.00. The SMILES string of the molecule is Cc1ccc(CNC(=O)Cn2cnc3sc(-c4nc(-c5ccccc5C)no4)c(C)c3c2=O)cc1. The second-order valence-corrected chi connectivity index (χ2v) is 9.41. The van der Waals surface area contributed by atoms with Gasteiger partial charge in [0.25, 0.3) is 11.4 Å². The molecule has 5 rings (SSSR count). The van der Waals surface area contributed by atoms with Gasteiger partial charge in [0.2, 0.25) is 11.7 Å². The smallest absolute Gasteiger partial charge is 0.268 e. The van der Waals surface area contributed by atoms with Gasteiger partial charge in [-0.3, -0.25) is 14.2 Å². The third-order valence-corrected chi connectivity index (χ3v) is 7.04. The van der Waals surface area contributed by atoms with E-state index < -0.39 is 0 Å². The van der Waals surface area contributed by atoms with E-state index in [0.29, 0.717) is 38.9 Å². The van der Waals surface area contributed by atoms with Gasteiger partial charge in [-0.2, -0.15) is 4.98 Å². The first-order valence-electron chi connectivity index (χ1n) is 11.1. The predicted octanol–water partition coefficient (Wildman–Crippen LogP) is 4.42. The molecule has 0 aliphatic rings. The molecule has 5 aromatic rings. The van der Waals surface area contributed by atoms with Gasteiger partial charge in [0.1, 0.15) is 11.4 Å². The lowest BCUT2D eigenvalue weighted by Crippen LogP contribution is -2.32. The Morgan fingerprint density at radius 1 is 1.09 bits per heavy atom. The number of carbonyl (C=O) groups is 1. The molecule has 0 aliphatic heterocycles. The molecule has 0 atom stereocenters. The average Bonchev–Trinajstić information content (AvgIpc) is 3.46. The molecule has 1 amide bonds. The number of benzene rings is 2. The van der Waals surface area contributed by atoms with Crippen molar-refractivity contribution in [3.05, 3.63) is 87.5 Å². The molecule has 0 saturated carbocycles. The molecule has 0 bridgehead atoms. The Hall–Kier alpha value is -4.11. The van der Waals surface area contributed by atoms with Crippen molar-refractivity contribution >= 4 is 27.5 Å². The van der Waals surface area contributed by atoms with E-state index in [1.54, 1.807) is 0 Å². The molecule has 176 valence electrons. The van der Waals surface area contributed by atoms with Crippen LogP contribution in [0.5, 0.6) is 0 Å². The second kappa shape index (κ2) is 9.27. The number of hydrogen-bond acceptors (Lipinski definition) is 7. The molecular formula is C26H23N5O3S. The molecule has 3 aromatic heterocycles. The van der Waals surface area contributed by atoms with Crippen LogP contribution < -0.4 is 10.9 Å². The van der Waals surface area contributed by atoms with Gasteiger partial charge in [-0.15, -0.1) is 11.3 Å². The first-order chi connectivity index (χ1) is 16.9. The number of aromatic nitrogens is 4. The highest BCUT2D eigenvalue weighted by Crippen LogP contribution is 2.35. The summed E-state index contributed by atoms with van der Waals surface area (Å²) in [5.74, 6) is 0.567. The lowest BCUT2D eigenvalue weighted by atomic mass is 10.1. The Morgan fingerprint density at radius 2 is 1.86 bits per heavy atom. The molecule has 0 radical (unpaired) electrons. The van der Waals surface area contributed by atoms with Crippen molar-refractivity contribution in [2.24, 2.45) is 0 Å². The first kappa shape index (κ1) is 22.7. The Labute approximate surface area is 205 Å². The fourth-order valence-corrected chi connectivity index (χ4v) is 4.90.